The van der Waals surface area contributed by atoms with Crippen molar-refractivity contribution in [3.8, 4) is 11.4 Å². The van der Waals surface area contributed by atoms with Crippen LogP contribution in [0.2, 0.25) is 0 Å². The Morgan fingerprint density at radius 2 is 1.49 bits per heavy atom. The Bertz CT molecular complexity index is 1810. The first kappa shape index (κ1) is 33.5. The van der Waals surface area contributed by atoms with Gasteiger partial charge in [-0.15, -0.1) is 0 Å². The van der Waals surface area contributed by atoms with Crippen LogP contribution in [0.3, 0.4) is 0 Å². The minimum absolute atomic E-state index is 0. The second kappa shape index (κ2) is 13.7. The topological polar surface area (TPSA) is 214 Å². The first-order chi connectivity index (χ1) is 18.5. The van der Waals surface area contributed by atoms with E-state index in [-0.39, 0.29) is 92.6 Å². The molecule has 4 rings (SSSR count). The number of carbonyl (C=O) groups excluding carboxylic acids is 2. The number of carboxylic acid groups (broad SMARTS) is 2. The van der Waals surface area contributed by atoms with Gasteiger partial charge in [-0.3, -0.25) is 9.52 Å². The van der Waals surface area contributed by atoms with Crippen LogP contribution in [0.5, 0.6) is 5.75 Å². The summed E-state index contributed by atoms with van der Waals surface area (Å²) in [6.07, 6.45) is 0. The second-order valence-electron chi connectivity index (χ2n) is 7.75. The molecule has 0 spiro atoms. The zero-order valence-corrected chi connectivity index (χ0v) is 26.2. The Kier molecular flexibility index (Phi) is 11.2. The predicted octanol–water partition coefficient (Wildman–Crippen LogP) is -4.63. The van der Waals surface area contributed by atoms with Crippen molar-refractivity contribution < 1.29 is 92.4 Å². The number of anilines is 1. The van der Waals surface area contributed by atoms with Gasteiger partial charge in [0.15, 0.2) is 5.69 Å². The third-order valence-corrected chi connectivity index (χ3v) is 6.54. The summed E-state index contributed by atoms with van der Waals surface area (Å²) in [5.74, 6) is -3.81. The number of aromatic amines is 1. The summed E-state index contributed by atoms with van der Waals surface area (Å²) >= 11 is 0. The number of aromatic hydroxyl groups is 1. The zero-order valence-electron chi connectivity index (χ0n) is 21.4. The zero-order chi connectivity index (χ0) is 28.3. The van der Waals surface area contributed by atoms with Gasteiger partial charge in [0.05, 0.1) is 28.2 Å². The molecule has 1 heterocycles. The number of hydrogen-bond acceptors (Lipinski definition) is 10. The summed E-state index contributed by atoms with van der Waals surface area (Å²) in [7, 11) is -3.97. The fourth-order valence-corrected chi connectivity index (χ4v) is 4.34. The standard InChI is InChI=1S/C24H16N6O8S.2Na/c1-25-21-20(22(32)30(28-21)17-11-13(23(33)34)10-14(12-17)24(35)36)27-26-15-4-8-19(9-5-15)39(37,38)29-16-2-6-18(31)7-3-16;;/h2-12,28-29,31H,(H,33,34)(H,35,36);;/q;2*+1/p-2. The van der Waals surface area contributed by atoms with E-state index in [4.69, 9.17) is 6.57 Å². The van der Waals surface area contributed by atoms with Crippen molar-refractivity contribution in [2.24, 2.45) is 10.2 Å². The summed E-state index contributed by atoms with van der Waals surface area (Å²) in [6, 6.07) is 13.2. The van der Waals surface area contributed by atoms with Crippen molar-refractivity contribution in [2.75, 3.05) is 4.72 Å². The molecule has 0 aliphatic heterocycles. The molecule has 3 aromatic carbocycles. The third kappa shape index (κ3) is 7.71. The Balaban J connectivity index is 0.00000294. The molecule has 0 aliphatic carbocycles. The maximum absolute atomic E-state index is 12.9. The minimum Gasteiger partial charge on any atom is -0.545 e. The molecule has 17 heteroatoms. The number of aromatic carboxylic acids is 2. The molecule has 0 amide bonds. The molecule has 0 saturated carbocycles. The molecule has 14 nitrogen and oxygen atoms in total. The van der Waals surface area contributed by atoms with Gasteiger partial charge in [0.2, 0.25) is 0 Å². The maximum atomic E-state index is 12.9. The Morgan fingerprint density at radius 3 is 2.00 bits per heavy atom. The molecule has 4 aromatic rings. The number of azo groups is 1. The van der Waals surface area contributed by atoms with Gasteiger partial charge in [0.25, 0.3) is 15.8 Å². The van der Waals surface area contributed by atoms with E-state index in [2.05, 4.69) is 24.9 Å². The second-order valence-corrected chi connectivity index (χ2v) is 9.43. The quantitative estimate of drug-likeness (QED) is 0.0781. The van der Waals surface area contributed by atoms with Gasteiger partial charge in [-0.2, -0.15) is 14.9 Å². The number of H-pyrrole nitrogens is 1. The van der Waals surface area contributed by atoms with Crippen LogP contribution in [-0.2, 0) is 10.0 Å². The third-order valence-electron chi connectivity index (χ3n) is 5.14. The molecule has 3 N–H and O–H groups in total. The molecule has 196 valence electrons. The van der Waals surface area contributed by atoms with Gasteiger partial charge in [-0.05, 0) is 66.7 Å². The van der Waals surface area contributed by atoms with Crippen LogP contribution in [0.4, 0.5) is 22.9 Å². The van der Waals surface area contributed by atoms with Gasteiger partial charge in [-0.25, -0.2) is 13.5 Å². The van der Waals surface area contributed by atoms with Crippen molar-refractivity contribution in [3.05, 3.63) is 99.6 Å². The minimum atomic E-state index is -3.97. The molecule has 0 bridgehead atoms. The van der Waals surface area contributed by atoms with Crippen molar-refractivity contribution >= 4 is 44.8 Å². The Labute approximate surface area is 275 Å². The molecule has 1 aromatic heterocycles. The number of aromatic nitrogens is 2. The average Bonchev–Trinajstić information content (AvgIpc) is 3.23. The van der Waals surface area contributed by atoms with E-state index in [9.17, 15) is 38.1 Å². The number of carboxylic acids is 2. The molecule has 0 saturated heterocycles. The molecule has 0 atom stereocenters. The van der Waals surface area contributed by atoms with Crippen molar-refractivity contribution in [2.45, 2.75) is 4.90 Å². The molecule has 0 unspecified atom stereocenters. The fourth-order valence-electron chi connectivity index (χ4n) is 3.29. The summed E-state index contributed by atoms with van der Waals surface area (Å²) < 4.78 is 28.2. The van der Waals surface area contributed by atoms with Crippen LogP contribution in [0.1, 0.15) is 20.7 Å². The van der Waals surface area contributed by atoms with Crippen LogP contribution in [0.15, 0.2) is 86.6 Å². The molecule has 0 aliphatic rings. The largest absolute Gasteiger partial charge is 1.00 e. The normalized spacial score (nSPS) is 10.7. The smallest absolute Gasteiger partial charge is 0.545 e. The van der Waals surface area contributed by atoms with E-state index in [1.54, 1.807) is 0 Å². The summed E-state index contributed by atoms with van der Waals surface area (Å²) in [6.45, 7) is 7.31. The fraction of sp³-hybridized carbons (Fsp3) is 0. The van der Waals surface area contributed by atoms with Crippen molar-refractivity contribution in [1.82, 2.24) is 9.78 Å². The molecule has 0 radical (unpaired) electrons. The first-order valence-electron chi connectivity index (χ1n) is 10.6. The molecule has 0 fully saturated rings. The van der Waals surface area contributed by atoms with Gasteiger partial charge in [-0.1, -0.05) is 6.57 Å². The molecular weight excluding hydrogens is 578 g/mol. The summed E-state index contributed by atoms with van der Waals surface area (Å²) in [4.78, 5) is 38.5. The number of carbonyl (C=O) groups is 2. The monoisotopic (exact) mass is 592 g/mol. The van der Waals surface area contributed by atoms with Gasteiger partial charge >= 0.3 is 64.7 Å². The number of phenolic OH excluding ortho intramolecular Hbond substituents is 1. The summed E-state index contributed by atoms with van der Waals surface area (Å²) in [5.41, 5.74) is -2.38. The molecule has 41 heavy (non-hydrogen) atoms. The predicted molar refractivity (Wildman–Crippen MR) is 131 cm³/mol. The van der Waals surface area contributed by atoms with Crippen LogP contribution in [-0.4, -0.2) is 35.2 Å². The SMILES string of the molecule is [C-]#[N+]c1[nH]n(-c2cc(C(=O)[O-])cc(C(=O)[O-])c2)c(=O)c1N=Nc1ccc(S(=O)(=O)Nc2ccc(O)cc2)cc1.[Na+].[Na+]. The number of phenols is 1. The number of rotatable bonds is 8. The van der Waals surface area contributed by atoms with Gasteiger partial charge in [0, 0.05) is 16.8 Å². The number of sulfonamides is 1. The van der Waals surface area contributed by atoms with Crippen LogP contribution in [0.25, 0.3) is 10.5 Å². The number of benzene rings is 3. The Hall–Kier alpha value is -3.75. The Morgan fingerprint density at radius 1 is 0.927 bits per heavy atom. The maximum Gasteiger partial charge on any atom is 1.00 e. The number of nitrogens with zero attached hydrogens (tertiary/aromatic N) is 4. The van der Waals surface area contributed by atoms with Crippen LogP contribution in [0, 0.1) is 6.57 Å². The van der Waals surface area contributed by atoms with E-state index in [1.165, 1.54) is 48.5 Å². The number of nitrogens with one attached hydrogen (secondary N) is 2. The van der Waals surface area contributed by atoms with Gasteiger partial charge in [0.1, 0.15) is 5.75 Å². The van der Waals surface area contributed by atoms with E-state index in [0.717, 1.165) is 18.2 Å². The van der Waals surface area contributed by atoms with Crippen molar-refractivity contribution in [1.29, 1.82) is 0 Å². The van der Waals surface area contributed by atoms with E-state index in [0.29, 0.717) is 4.68 Å². The number of hydrogen-bond donors (Lipinski definition) is 3. The van der Waals surface area contributed by atoms with Crippen LogP contribution < -0.4 is 79.6 Å². The van der Waals surface area contributed by atoms with E-state index < -0.39 is 44.3 Å². The van der Waals surface area contributed by atoms with Crippen LogP contribution >= 0.6 is 0 Å². The van der Waals surface area contributed by atoms with Crippen molar-refractivity contribution in [3.63, 3.8) is 0 Å². The van der Waals surface area contributed by atoms with Gasteiger partial charge < -0.3 is 29.8 Å². The average molecular weight is 592 g/mol. The summed E-state index contributed by atoms with van der Waals surface area (Å²) in [5, 5.41) is 41.9. The molecular formula is C24H14N6Na2O8S. The first-order valence-corrected chi connectivity index (χ1v) is 12.1. The van der Waals surface area contributed by atoms with E-state index in [1.807, 2.05) is 0 Å². The van der Waals surface area contributed by atoms with E-state index >= 15 is 0 Å².